The molecule has 14 heavy (non-hydrogen) atoms. The SMILES string of the molecule is CC(C)CCC1(C(=O)OC(C)C)CC1. The minimum Gasteiger partial charge on any atom is -0.463 e. The molecule has 2 nitrogen and oxygen atoms in total. The third kappa shape index (κ3) is 3.00. The monoisotopic (exact) mass is 198 g/mol. The first-order chi connectivity index (χ1) is 6.46. The topological polar surface area (TPSA) is 26.3 Å². The van der Waals surface area contributed by atoms with E-state index in [0.29, 0.717) is 5.92 Å². The molecule has 1 rings (SSSR count). The number of carbonyl (C=O) groups excluding carboxylic acids is 1. The minimum absolute atomic E-state index is 0.0269. The second-order valence-electron chi connectivity index (χ2n) is 5.17. The molecule has 82 valence electrons. The molecule has 1 saturated carbocycles. The third-order valence-corrected chi connectivity index (χ3v) is 2.83. The summed E-state index contributed by atoms with van der Waals surface area (Å²) in [5, 5.41) is 0. The lowest BCUT2D eigenvalue weighted by atomic mass is 9.95. The van der Waals surface area contributed by atoms with Gasteiger partial charge in [0.05, 0.1) is 11.5 Å². The van der Waals surface area contributed by atoms with Crippen LogP contribution in [0.4, 0.5) is 0 Å². The first-order valence-electron chi connectivity index (χ1n) is 5.67. The second kappa shape index (κ2) is 4.33. The summed E-state index contributed by atoms with van der Waals surface area (Å²) < 4.78 is 5.27. The van der Waals surface area contributed by atoms with Crippen molar-refractivity contribution >= 4 is 5.97 Å². The van der Waals surface area contributed by atoms with E-state index in [1.54, 1.807) is 0 Å². The number of hydrogen-bond donors (Lipinski definition) is 0. The van der Waals surface area contributed by atoms with Gasteiger partial charge in [-0.3, -0.25) is 4.79 Å². The predicted octanol–water partition coefficient (Wildman–Crippen LogP) is 3.15. The smallest absolute Gasteiger partial charge is 0.312 e. The van der Waals surface area contributed by atoms with Gasteiger partial charge in [-0.05, 0) is 45.4 Å². The first kappa shape index (κ1) is 11.5. The summed E-state index contributed by atoms with van der Waals surface area (Å²) in [5.74, 6) is 0.715. The summed E-state index contributed by atoms with van der Waals surface area (Å²) in [6, 6.07) is 0. The summed E-state index contributed by atoms with van der Waals surface area (Å²) >= 11 is 0. The lowest BCUT2D eigenvalue weighted by molar-refractivity contribution is -0.154. The van der Waals surface area contributed by atoms with E-state index < -0.39 is 0 Å². The number of rotatable bonds is 5. The zero-order chi connectivity index (χ0) is 10.8. The van der Waals surface area contributed by atoms with Crippen LogP contribution in [0.1, 0.15) is 53.4 Å². The molecule has 1 aliphatic rings. The van der Waals surface area contributed by atoms with Gasteiger partial charge in [0, 0.05) is 0 Å². The van der Waals surface area contributed by atoms with Crippen LogP contribution in [0.5, 0.6) is 0 Å². The van der Waals surface area contributed by atoms with Crippen LogP contribution < -0.4 is 0 Å². The van der Waals surface area contributed by atoms with Gasteiger partial charge in [0.1, 0.15) is 0 Å². The van der Waals surface area contributed by atoms with Crippen molar-refractivity contribution < 1.29 is 9.53 Å². The van der Waals surface area contributed by atoms with E-state index in [9.17, 15) is 4.79 Å². The van der Waals surface area contributed by atoms with Crippen LogP contribution in [0.15, 0.2) is 0 Å². The van der Waals surface area contributed by atoms with Crippen molar-refractivity contribution in [2.75, 3.05) is 0 Å². The summed E-state index contributed by atoms with van der Waals surface area (Å²) in [6.45, 7) is 8.22. The Hall–Kier alpha value is -0.530. The molecule has 0 N–H and O–H groups in total. The van der Waals surface area contributed by atoms with Crippen molar-refractivity contribution in [3.05, 3.63) is 0 Å². The van der Waals surface area contributed by atoms with Gasteiger partial charge in [-0.25, -0.2) is 0 Å². The Morgan fingerprint density at radius 3 is 2.21 bits per heavy atom. The fourth-order valence-corrected chi connectivity index (χ4v) is 1.61. The van der Waals surface area contributed by atoms with Crippen LogP contribution in [0.25, 0.3) is 0 Å². The van der Waals surface area contributed by atoms with Crippen LogP contribution in [-0.2, 0) is 9.53 Å². The maximum Gasteiger partial charge on any atom is 0.312 e. The van der Waals surface area contributed by atoms with Gasteiger partial charge >= 0.3 is 5.97 Å². The molecule has 0 unspecified atom stereocenters. The van der Waals surface area contributed by atoms with E-state index in [1.165, 1.54) is 0 Å². The fourth-order valence-electron chi connectivity index (χ4n) is 1.61. The van der Waals surface area contributed by atoms with Gasteiger partial charge in [-0.2, -0.15) is 0 Å². The quantitative estimate of drug-likeness (QED) is 0.634. The summed E-state index contributed by atoms with van der Waals surface area (Å²) in [5.41, 5.74) is -0.0887. The average Bonchev–Trinajstić information content (AvgIpc) is 2.80. The van der Waals surface area contributed by atoms with Crippen LogP contribution in [0, 0.1) is 11.3 Å². The zero-order valence-corrected chi connectivity index (χ0v) is 9.80. The molecular formula is C12H22O2. The van der Waals surface area contributed by atoms with Gasteiger partial charge in [-0.1, -0.05) is 13.8 Å². The van der Waals surface area contributed by atoms with Crippen molar-refractivity contribution in [2.45, 2.75) is 59.5 Å². The highest BCUT2D eigenvalue weighted by Gasteiger charge is 2.50. The molecular weight excluding hydrogens is 176 g/mol. The summed E-state index contributed by atoms with van der Waals surface area (Å²) in [7, 11) is 0. The average molecular weight is 198 g/mol. The highest BCUT2D eigenvalue weighted by molar-refractivity contribution is 5.79. The van der Waals surface area contributed by atoms with Gasteiger partial charge in [-0.15, -0.1) is 0 Å². The van der Waals surface area contributed by atoms with Crippen molar-refractivity contribution in [1.82, 2.24) is 0 Å². The first-order valence-corrected chi connectivity index (χ1v) is 5.67. The number of hydrogen-bond acceptors (Lipinski definition) is 2. The lowest BCUT2D eigenvalue weighted by Crippen LogP contribution is -2.22. The minimum atomic E-state index is -0.0887. The van der Waals surface area contributed by atoms with Gasteiger partial charge in [0.2, 0.25) is 0 Å². The van der Waals surface area contributed by atoms with Crippen molar-refractivity contribution in [3.63, 3.8) is 0 Å². The van der Waals surface area contributed by atoms with Gasteiger partial charge in [0.25, 0.3) is 0 Å². The zero-order valence-electron chi connectivity index (χ0n) is 9.80. The number of esters is 1. The maximum atomic E-state index is 11.7. The highest BCUT2D eigenvalue weighted by Crippen LogP contribution is 2.51. The van der Waals surface area contributed by atoms with Gasteiger partial charge in [0.15, 0.2) is 0 Å². The van der Waals surface area contributed by atoms with Crippen LogP contribution in [0.3, 0.4) is 0 Å². The molecule has 0 spiro atoms. The molecule has 0 aromatic heterocycles. The van der Waals surface area contributed by atoms with E-state index in [4.69, 9.17) is 4.74 Å². The summed E-state index contributed by atoms with van der Waals surface area (Å²) in [4.78, 5) is 11.7. The van der Waals surface area contributed by atoms with Crippen LogP contribution >= 0.6 is 0 Å². The Labute approximate surface area is 87.0 Å². The van der Waals surface area contributed by atoms with Crippen LogP contribution in [0.2, 0.25) is 0 Å². The Kier molecular flexibility index (Phi) is 3.57. The number of carbonyl (C=O) groups is 1. The standard InChI is InChI=1S/C12H22O2/c1-9(2)5-6-12(7-8-12)11(13)14-10(3)4/h9-10H,5-8H2,1-4H3. The normalized spacial score (nSPS) is 18.7. The third-order valence-electron chi connectivity index (χ3n) is 2.83. The van der Waals surface area contributed by atoms with Crippen molar-refractivity contribution in [1.29, 1.82) is 0 Å². The predicted molar refractivity (Wildman–Crippen MR) is 57.0 cm³/mol. The number of ether oxygens (including phenoxy) is 1. The Bertz CT molecular complexity index is 202. The van der Waals surface area contributed by atoms with Gasteiger partial charge < -0.3 is 4.74 Å². The Morgan fingerprint density at radius 1 is 1.29 bits per heavy atom. The molecule has 0 heterocycles. The van der Waals surface area contributed by atoms with Crippen molar-refractivity contribution in [2.24, 2.45) is 11.3 Å². The fraction of sp³-hybridized carbons (Fsp3) is 0.917. The lowest BCUT2D eigenvalue weighted by Gasteiger charge is -2.17. The largest absolute Gasteiger partial charge is 0.463 e. The molecule has 0 aromatic carbocycles. The molecule has 0 bridgehead atoms. The van der Waals surface area contributed by atoms with E-state index in [0.717, 1.165) is 25.7 Å². The van der Waals surface area contributed by atoms with E-state index in [1.807, 2.05) is 13.8 Å². The van der Waals surface area contributed by atoms with E-state index >= 15 is 0 Å². The Balaban J connectivity index is 2.37. The molecule has 0 aliphatic heterocycles. The maximum absolute atomic E-state index is 11.7. The molecule has 2 heteroatoms. The van der Waals surface area contributed by atoms with E-state index in [2.05, 4.69) is 13.8 Å². The summed E-state index contributed by atoms with van der Waals surface area (Å²) in [6.07, 6.45) is 4.24. The molecule has 1 aliphatic carbocycles. The van der Waals surface area contributed by atoms with Crippen LogP contribution in [-0.4, -0.2) is 12.1 Å². The van der Waals surface area contributed by atoms with Crippen molar-refractivity contribution in [3.8, 4) is 0 Å². The molecule has 1 fully saturated rings. The van der Waals surface area contributed by atoms with E-state index in [-0.39, 0.29) is 17.5 Å². The molecule has 0 amide bonds. The highest BCUT2D eigenvalue weighted by atomic mass is 16.5. The molecule has 0 atom stereocenters. The Morgan fingerprint density at radius 2 is 1.86 bits per heavy atom. The molecule has 0 radical (unpaired) electrons. The molecule has 0 aromatic rings. The second-order valence-corrected chi connectivity index (χ2v) is 5.17. The molecule has 0 saturated heterocycles.